The van der Waals surface area contributed by atoms with Gasteiger partial charge in [-0.25, -0.2) is 9.78 Å². The number of hydrogen-bond donors (Lipinski definition) is 1. The molecule has 2 heterocycles. The molecule has 0 bridgehead atoms. The quantitative estimate of drug-likeness (QED) is 0.800. The summed E-state index contributed by atoms with van der Waals surface area (Å²) >= 11 is 1.22. The Balaban J connectivity index is 1.99. The monoisotopic (exact) mass is 296 g/mol. The van der Waals surface area contributed by atoms with Crippen molar-refractivity contribution in [1.82, 2.24) is 9.97 Å². The molecule has 5 heteroatoms. The van der Waals surface area contributed by atoms with Crippen molar-refractivity contribution in [2.75, 3.05) is 0 Å². The zero-order chi connectivity index (χ0) is 14.7. The van der Waals surface area contributed by atoms with Crippen molar-refractivity contribution in [2.45, 2.75) is 6.42 Å². The third-order valence-corrected chi connectivity index (χ3v) is 4.03. The fraction of sp³-hybridized carbons (Fsp3) is 0.0625. The number of pyridine rings is 1. The molecule has 0 saturated carbocycles. The van der Waals surface area contributed by atoms with Gasteiger partial charge in [0.1, 0.15) is 4.88 Å². The normalized spacial score (nSPS) is 10.5. The molecule has 0 radical (unpaired) electrons. The van der Waals surface area contributed by atoms with Crippen LogP contribution >= 0.6 is 11.3 Å². The average Bonchev–Trinajstić information content (AvgIpc) is 2.93. The van der Waals surface area contributed by atoms with Crippen molar-refractivity contribution in [2.24, 2.45) is 0 Å². The topological polar surface area (TPSA) is 63.1 Å². The molecule has 1 N–H and O–H groups in total. The molecule has 0 amide bonds. The van der Waals surface area contributed by atoms with E-state index in [0.29, 0.717) is 12.1 Å². The van der Waals surface area contributed by atoms with Crippen LogP contribution in [0.3, 0.4) is 0 Å². The van der Waals surface area contributed by atoms with Gasteiger partial charge < -0.3 is 5.11 Å². The van der Waals surface area contributed by atoms with Crippen molar-refractivity contribution >= 4 is 17.3 Å². The van der Waals surface area contributed by atoms with E-state index in [1.165, 1.54) is 11.3 Å². The van der Waals surface area contributed by atoms with Gasteiger partial charge in [0.05, 0.1) is 10.7 Å². The van der Waals surface area contributed by atoms with E-state index in [0.717, 1.165) is 16.1 Å². The number of aromatic carboxylic acids is 1. The van der Waals surface area contributed by atoms with Crippen LogP contribution in [0.1, 0.15) is 20.2 Å². The van der Waals surface area contributed by atoms with Crippen LogP contribution in [0.4, 0.5) is 0 Å². The lowest BCUT2D eigenvalue weighted by molar-refractivity contribution is 0.0702. The smallest absolute Gasteiger partial charge is 0.348 e. The average molecular weight is 296 g/mol. The van der Waals surface area contributed by atoms with Crippen molar-refractivity contribution in [3.05, 3.63) is 70.3 Å². The summed E-state index contributed by atoms with van der Waals surface area (Å²) in [5.74, 6) is -0.941. The van der Waals surface area contributed by atoms with E-state index in [-0.39, 0.29) is 4.88 Å². The first kappa shape index (κ1) is 13.5. The van der Waals surface area contributed by atoms with E-state index in [9.17, 15) is 9.90 Å². The Labute approximate surface area is 125 Å². The van der Waals surface area contributed by atoms with Gasteiger partial charge in [-0.1, -0.05) is 36.4 Å². The lowest BCUT2D eigenvalue weighted by Crippen LogP contribution is -1.95. The highest BCUT2D eigenvalue weighted by molar-refractivity contribution is 7.14. The highest BCUT2D eigenvalue weighted by atomic mass is 32.1. The first-order valence-electron chi connectivity index (χ1n) is 6.41. The van der Waals surface area contributed by atoms with Crippen LogP contribution in [0.2, 0.25) is 0 Å². The number of nitrogens with zero attached hydrogens (tertiary/aromatic N) is 2. The lowest BCUT2D eigenvalue weighted by Gasteiger charge is -1.98. The summed E-state index contributed by atoms with van der Waals surface area (Å²) in [6.07, 6.45) is 4.07. The minimum atomic E-state index is -0.941. The standard InChI is InChI=1S/C16H12N2O2S/c19-16(20)15-14(12-6-2-1-3-7-12)18-13(21-15)9-11-5-4-8-17-10-11/h1-8,10H,9H2,(H,19,20). The van der Waals surface area contributed by atoms with E-state index in [1.807, 2.05) is 42.5 Å². The Bertz CT molecular complexity index is 754. The van der Waals surface area contributed by atoms with Crippen LogP contribution in [0.25, 0.3) is 11.3 Å². The molecule has 0 saturated heterocycles. The molecule has 2 aromatic heterocycles. The predicted octanol–water partition coefficient (Wildman–Crippen LogP) is 3.49. The number of thiazole rings is 1. The summed E-state index contributed by atoms with van der Waals surface area (Å²) in [6.45, 7) is 0. The van der Waals surface area contributed by atoms with Crippen LogP contribution in [0, 0.1) is 0 Å². The van der Waals surface area contributed by atoms with Gasteiger partial charge in [-0.2, -0.15) is 0 Å². The van der Waals surface area contributed by atoms with Gasteiger partial charge in [0.2, 0.25) is 0 Å². The molecule has 0 aliphatic carbocycles. The first-order valence-corrected chi connectivity index (χ1v) is 7.23. The number of carboxylic acid groups (broad SMARTS) is 1. The number of rotatable bonds is 4. The molecule has 3 rings (SSSR count). The van der Waals surface area contributed by atoms with Crippen LogP contribution < -0.4 is 0 Å². The molecule has 104 valence electrons. The SMILES string of the molecule is O=C(O)c1sc(Cc2cccnc2)nc1-c1ccccc1. The van der Waals surface area contributed by atoms with Crippen molar-refractivity contribution in [3.63, 3.8) is 0 Å². The van der Waals surface area contributed by atoms with E-state index >= 15 is 0 Å². The van der Waals surface area contributed by atoms with Gasteiger partial charge in [-0.15, -0.1) is 11.3 Å². The molecule has 0 aliphatic rings. The summed E-state index contributed by atoms with van der Waals surface area (Å²) in [5.41, 5.74) is 2.37. The number of carboxylic acids is 1. The van der Waals surface area contributed by atoms with E-state index in [4.69, 9.17) is 0 Å². The van der Waals surface area contributed by atoms with E-state index < -0.39 is 5.97 Å². The van der Waals surface area contributed by atoms with Gasteiger partial charge in [-0.3, -0.25) is 4.98 Å². The third kappa shape index (κ3) is 2.98. The van der Waals surface area contributed by atoms with Crippen molar-refractivity contribution < 1.29 is 9.90 Å². The minimum Gasteiger partial charge on any atom is -0.477 e. The molecule has 0 atom stereocenters. The summed E-state index contributed by atoms with van der Waals surface area (Å²) in [6, 6.07) is 13.2. The van der Waals surface area contributed by atoms with Crippen LogP contribution in [-0.4, -0.2) is 21.0 Å². The van der Waals surface area contributed by atoms with E-state index in [1.54, 1.807) is 12.4 Å². The maximum Gasteiger partial charge on any atom is 0.348 e. The Morgan fingerprint density at radius 1 is 1.14 bits per heavy atom. The van der Waals surface area contributed by atoms with Gasteiger partial charge in [0.15, 0.2) is 0 Å². The van der Waals surface area contributed by atoms with Crippen LogP contribution in [0.15, 0.2) is 54.9 Å². The highest BCUT2D eigenvalue weighted by Gasteiger charge is 2.18. The maximum atomic E-state index is 11.4. The molecule has 3 aromatic rings. The zero-order valence-corrected chi connectivity index (χ0v) is 11.9. The molecule has 0 spiro atoms. The van der Waals surface area contributed by atoms with Gasteiger partial charge in [0, 0.05) is 24.4 Å². The summed E-state index contributed by atoms with van der Waals surface area (Å²) in [7, 11) is 0. The number of aromatic nitrogens is 2. The van der Waals surface area contributed by atoms with Crippen LogP contribution in [-0.2, 0) is 6.42 Å². The molecule has 0 aliphatic heterocycles. The largest absolute Gasteiger partial charge is 0.477 e. The zero-order valence-electron chi connectivity index (χ0n) is 11.1. The maximum absolute atomic E-state index is 11.4. The molecule has 21 heavy (non-hydrogen) atoms. The Morgan fingerprint density at radius 3 is 2.62 bits per heavy atom. The fourth-order valence-electron chi connectivity index (χ4n) is 2.05. The highest BCUT2D eigenvalue weighted by Crippen LogP contribution is 2.29. The van der Waals surface area contributed by atoms with E-state index in [2.05, 4.69) is 9.97 Å². The minimum absolute atomic E-state index is 0.278. The molecule has 1 aromatic carbocycles. The number of carbonyl (C=O) groups is 1. The molecular formula is C16H12N2O2S. The van der Waals surface area contributed by atoms with Crippen molar-refractivity contribution in [3.8, 4) is 11.3 Å². The second-order valence-corrected chi connectivity index (χ2v) is 5.58. The summed E-state index contributed by atoms with van der Waals surface area (Å²) in [5, 5.41) is 10.1. The summed E-state index contributed by atoms with van der Waals surface area (Å²) in [4.78, 5) is 20.3. The number of benzene rings is 1. The third-order valence-electron chi connectivity index (χ3n) is 2.99. The Kier molecular flexibility index (Phi) is 3.75. The van der Waals surface area contributed by atoms with Gasteiger partial charge >= 0.3 is 5.97 Å². The predicted molar refractivity (Wildman–Crippen MR) is 81.6 cm³/mol. The second kappa shape index (κ2) is 5.85. The summed E-state index contributed by atoms with van der Waals surface area (Å²) < 4.78 is 0. The van der Waals surface area contributed by atoms with Gasteiger partial charge in [-0.05, 0) is 11.6 Å². The Morgan fingerprint density at radius 2 is 1.95 bits per heavy atom. The fourth-order valence-corrected chi connectivity index (χ4v) is 3.01. The first-order chi connectivity index (χ1) is 10.2. The van der Waals surface area contributed by atoms with Crippen LogP contribution in [0.5, 0.6) is 0 Å². The Hall–Kier alpha value is -2.53. The van der Waals surface area contributed by atoms with Gasteiger partial charge in [0.25, 0.3) is 0 Å². The molecule has 0 fully saturated rings. The van der Waals surface area contributed by atoms with Crippen molar-refractivity contribution in [1.29, 1.82) is 0 Å². The second-order valence-electron chi connectivity index (χ2n) is 4.49. The number of hydrogen-bond acceptors (Lipinski definition) is 4. The molecule has 4 nitrogen and oxygen atoms in total. The molecular weight excluding hydrogens is 284 g/mol. The lowest BCUT2D eigenvalue weighted by atomic mass is 10.1. The molecule has 0 unspecified atom stereocenters.